The van der Waals surface area contributed by atoms with Crippen molar-refractivity contribution in [3.8, 4) is 0 Å². The molecule has 1 atom stereocenters. The molecular formula is C10H16ClN5. The molecule has 1 aliphatic carbocycles. The molecule has 0 aliphatic heterocycles. The number of nitrogens with two attached hydrogens (primary N) is 1. The van der Waals surface area contributed by atoms with Crippen molar-refractivity contribution in [3.05, 3.63) is 11.2 Å². The van der Waals surface area contributed by atoms with Gasteiger partial charge in [-0.2, -0.15) is 4.98 Å². The number of halogens is 1. The molecule has 0 bridgehead atoms. The maximum absolute atomic E-state index is 6.08. The van der Waals surface area contributed by atoms with Gasteiger partial charge >= 0.3 is 0 Å². The molecule has 0 amide bonds. The van der Waals surface area contributed by atoms with Gasteiger partial charge in [0.1, 0.15) is 5.02 Å². The molecular weight excluding hydrogens is 226 g/mol. The normalized spacial score (nSPS) is 17.0. The number of rotatable bonds is 4. The smallest absolute Gasteiger partial charge is 0.239 e. The van der Waals surface area contributed by atoms with Crippen molar-refractivity contribution < 1.29 is 0 Å². The number of hydrogen-bond donors (Lipinski definition) is 2. The van der Waals surface area contributed by atoms with Gasteiger partial charge in [-0.15, -0.1) is 0 Å². The lowest BCUT2D eigenvalue weighted by molar-refractivity contribution is 0.603. The maximum atomic E-state index is 6.08. The third-order valence-corrected chi connectivity index (χ3v) is 3.37. The van der Waals surface area contributed by atoms with Gasteiger partial charge in [-0.05, 0) is 25.7 Å². The van der Waals surface area contributed by atoms with Crippen LogP contribution >= 0.6 is 11.6 Å². The standard InChI is InChI=1S/C10H16ClN5/c1-6(7-3-4-7)16(2)9-8(11)5-13-10(14-9)15-12/h5-7H,3-4,12H2,1-2H3,(H,13,14,15). The van der Waals surface area contributed by atoms with E-state index in [4.69, 9.17) is 17.4 Å². The Hall–Kier alpha value is -1.07. The Morgan fingerprint density at radius 1 is 1.62 bits per heavy atom. The predicted molar refractivity (Wildman–Crippen MR) is 65.4 cm³/mol. The Bertz CT molecular complexity index is 379. The minimum Gasteiger partial charge on any atom is -0.355 e. The third-order valence-electron chi connectivity index (χ3n) is 3.10. The van der Waals surface area contributed by atoms with Crippen molar-refractivity contribution in [2.75, 3.05) is 17.4 Å². The highest BCUT2D eigenvalue weighted by Crippen LogP contribution is 2.37. The predicted octanol–water partition coefficient (Wildman–Crippen LogP) is 1.65. The van der Waals surface area contributed by atoms with Gasteiger partial charge in [-0.3, -0.25) is 5.43 Å². The summed E-state index contributed by atoms with van der Waals surface area (Å²) in [5, 5.41) is 0.550. The number of hydrazine groups is 1. The number of anilines is 2. The molecule has 1 aromatic rings. The Labute approximate surface area is 100.0 Å². The lowest BCUT2D eigenvalue weighted by Crippen LogP contribution is -2.32. The molecule has 0 aromatic carbocycles. The van der Waals surface area contributed by atoms with E-state index in [1.54, 1.807) is 6.20 Å². The monoisotopic (exact) mass is 241 g/mol. The first kappa shape index (κ1) is 11.4. The average molecular weight is 242 g/mol. The lowest BCUT2D eigenvalue weighted by atomic mass is 10.2. The van der Waals surface area contributed by atoms with Gasteiger partial charge in [0.05, 0.1) is 6.20 Å². The highest BCUT2D eigenvalue weighted by atomic mass is 35.5. The van der Waals surface area contributed by atoms with Crippen LogP contribution in [0.3, 0.4) is 0 Å². The molecule has 2 rings (SSSR count). The number of nitrogen functional groups attached to an aromatic ring is 1. The van der Waals surface area contributed by atoms with Crippen LogP contribution in [-0.4, -0.2) is 23.1 Å². The van der Waals surface area contributed by atoms with Crippen LogP contribution < -0.4 is 16.2 Å². The van der Waals surface area contributed by atoms with Crippen molar-refractivity contribution in [1.82, 2.24) is 9.97 Å². The van der Waals surface area contributed by atoms with E-state index < -0.39 is 0 Å². The molecule has 1 aromatic heterocycles. The summed E-state index contributed by atoms with van der Waals surface area (Å²) in [5.74, 6) is 7.15. The number of nitrogens with zero attached hydrogens (tertiary/aromatic N) is 3. The van der Waals surface area contributed by atoms with Crippen LogP contribution in [0.5, 0.6) is 0 Å². The second-order valence-corrected chi connectivity index (χ2v) is 4.61. The van der Waals surface area contributed by atoms with Gasteiger partial charge in [0, 0.05) is 13.1 Å². The molecule has 16 heavy (non-hydrogen) atoms. The van der Waals surface area contributed by atoms with E-state index in [1.165, 1.54) is 12.8 Å². The summed E-state index contributed by atoms with van der Waals surface area (Å²) in [6, 6.07) is 0.443. The quantitative estimate of drug-likeness (QED) is 0.620. The summed E-state index contributed by atoms with van der Waals surface area (Å²) < 4.78 is 0. The molecule has 0 radical (unpaired) electrons. The largest absolute Gasteiger partial charge is 0.355 e. The average Bonchev–Trinajstić information content (AvgIpc) is 3.12. The van der Waals surface area contributed by atoms with E-state index in [9.17, 15) is 0 Å². The van der Waals surface area contributed by atoms with Gasteiger partial charge in [-0.1, -0.05) is 11.6 Å². The molecule has 88 valence electrons. The SMILES string of the molecule is CC(C1CC1)N(C)c1nc(NN)ncc1Cl. The molecule has 5 nitrogen and oxygen atoms in total. The van der Waals surface area contributed by atoms with Gasteiger partial charge in [0.2, 0.25) is 5.95 Å². The van der Waals surface area contributed by atoms with Crippen molar-refractivity contribution in [3.63, 3.8) is 0 Å². The van der Waals surface area contributed by atoms with E-state index in [2.05, 4.69) is 27.2 Å². The summed E-state index contributed by atoms with van der Waals surface area (Å²) in [5.41, 5.74) is 2.43. The summed E-state index contributed by atoms with van der Waals surface area (Å²) >= 11 is 6.08. The van der Waals surface area contributed by atoms with Crippen LogP contribution in [0.2, 0.25) is 5.02 Å². The first-order valence-corrected chi connectivity index (χ1v) is 5.73. The molecule has 6 heteroatoms. The van der Waals surface area contributed by atoms with Crippen LogP contribution in [0.25, 0.3) is 0 Å². The second kappa shape index (κ2) is 4.43. The minimum atomic E-state index is 0.384. The first-order valence-electron chi connectivity index (χ1n) is 5.35. The van der Waals surface area contributed by atoms with E-state index in [1.807, 2.05) is 7.05 Å². The number of aromatic nitrogens is 2. The highest BCUT2D eigenvalue weighted by molar-refractivity contribution is 6.32. The van der Waals surface area contributed by atoms with Crippen molar-refractivity contribution in [2.24, 2.45) is 11.8 Å². The van der Waals surface area contributed by atoms with E-state index in [0.717, 1.165) is 11.7 Å². The van der Waals surface area contributed by atoms with Crippen LogP contribution in [0.15, 0.2) is 6.20 Å². The van der Waals surface area contributed by atoms with Crippen LogP contribution in [0, 0.1) is 5.92 Å². The zero-order chi connectivity index (χ0) is 11.7. The first-order chi connectivity index (χ1) is 7.63. The number of nitrogens with one attached hydrogen (secondary N) is 1. The Morgan fingerprint density at radius 3 is 2.88 bits per heavy atom. The highest BCUT2D eigenvalue weighted by Gasteiger charge is 2.31. The van der Waals surface area contributed by atoms with Crippen molar-refractivity contribution >= 4 is 23.4 Å². The molecule has 1 heterocycles. The maximum Gasteiger partial charge on any atom is 0.239 e. The summed E-state index contributed by atoms with van der Waals surface area (Å²) in [7, 11) is 2.00. The molecule has 1 unspecified atom stereocenters. The van der Waals surface area contributed by atoms with Gasteiger partial charge in [0.25, 0.3) is 0 Å². The Morgan fingerprint density at radius 2 is 2.31 bits per heavy atom. The summed E-state index contributed by atoms with van der Waals surface area (Å²) in [4.78, 5) is 10.3. The third kappa shape index (κ3) is 2.20. The van der Waals surface area contributed by atoms with Gasteiger partial charge in [0.15, 0.2) is 5.82 Å². The molecule has 1 aliphatic rings. The molecule has 1 saturated carbocycles. The molecule has 0 spiro atoms. The fourth-order valence-electron chi connectivity index (χ4n) is 1.76. The topological polar surface area (TPSA) is 67.1 Å². The lowest BCUT2D eigenvalue weighted by Gasteiger charge is -2.26. The Kier molecular flexibility index (Phi) is 3.16. The van der Waals surface area contributed by atoms with Gasteiger partial charge in [-0.25, -0.2) is 10.8 Å². The Balaban J connectivity index is 2.23. The zero-order valence-electron chi connectivity index (χ0n) is 9.44. The molecule has 3 N–H and O–H groups in total. The molecule has 1 fully saturated rings. The van der Waals surface area contributed by atoms with Crippen molar-refractivity contribution in [2.45, 2.75) is 25.8 Å². The van der Waals surface area contributed by atoms with Gasteiger partial charge < -0.3 is 4.90 Å². The van der Waals surface area contributed by atoms with Crippen molar-refractivity contribution in [1.29, 1.82) is 0 Å². The molecule has 0 saturated heterocycles. The van der Waals surface area contributed by atoms with Crippen LogP contribution in [0.4, 0.5) is 11.8 Å². The summed E-state index contributed by atoms with van der Waals surface area (Å²) in [6.45, 7) is 2.19. The fourth-order valence-corrected chi connectivity index (χ4v) is 1.99. The zero-order valence-corrected chi connectivity index (χ0v) is 10.2. The fraction of sp³-hybridized carbons (Fsp3) is 0.600. The van der Waals surface area contributed by atoms with E-state index in [0.29, 0.717) is 17.0 Å². The summed E-state index contributed by atoms with van der Waals surface area (Å²) in [6.07, 6.45) is 4.14. The minimum absolute atomic E-state index is 0.384. The van der Waals surface area contributed by atoms with Crippen LogP contribution in [-0.2, 0) is 0 Å². The number of hydrogen-bond acceptors (Lipinski definition) is 5. The van der Waals surface area contributed by atoms with E-state index >= 15 is 0 Å². The van der Waals surface area contributed by atoms with Crippen LogP contribution in [0.1, 0.15) is 19.8 Å². The van der Waals surface area contributed by atoms with E-state index in [-0.39, 0.29) is 0 Å². The second-order valence-electron chi connectivity index (χ2n) is 4.20.